The first-order valence-electron chi connectivity index (χ1n) is 9.12. The highest BCUT2D eigenvalue weighted by Gasteiger charge is 2.53. The number of hydrogen-bond acceptors (Lipinski definition) is 3. The number of nitrogens with zero attached hydrogens (tertiary/aromatic N) is 2. The van der Waals surface area contributed by atoms with E-state index in [9.17, 15) is 8.78 Å². The predicted molar refractivity (Wildman–Crippen MR) is 91.6 cm³/mol. The van der Waals surface area contributed by atoms with Crippen molar-refractivity contribution < 1.29 is 8.78 Å². The number of halogens is 2. The molecule has 7 atom stereocenters. The Hall–Kier alpha value is -0.290. The van der Waals surface area contributed by atoms with Crippen molar-refractivity contribution in [3.63, 3.8) is 0 Å². The summed E-state index contributed by atoms with van der Waals surface area (Å²) in [4.78, 5) is 2.26. The lowest BCUT2D eigenvalue weighted by Gasteiger charge is -2.40. The Morgan fingerprint density at radius 2 is 2.04 bits per heavy atom. The van der Waals surface area contributed by atoms with Gasteiger partial charge in [0.05, 0.1) is 6.04 Å². The zero-order valence-corrected chi connectivity index (χ0v) is 14.9. The standard InChI is InChI=1S/C18H28F2N2S/c1-21(2)6-5-11-3-4-13-14-10-22(23-17(13)7-11)16-9-12(19)8-15(20)18(14)16/h10-13,15-18H,3-9H2,1-2H3. The molecule has 2 saturated carbocycles. The highest BCUT2D eigenvalue weighted by molar-refractivity contribution is 7.97. The van der Waals surface area contributed by atoms with Gasteiger partial charge in [0, 0.05) is 30.2 Å². The zero-order valence-electron chi connectivity index (χ0n) is 14.1. The molecule has 4 rings (SSSR count). The Bertz CT molecular complexity index is 484. The maximum Gasteiger partial charge on any atom is 0.111 e. The van der Waals surface area contributed by atoms with Gasteiger partial charge in [-0.3, -0.25) is 0 Å². The van der Waals surface area contributed by atoms with Gasteiger partial charge >= 0.3 is 0 Å². The molecule has 0 radical (unpaired) electrons. The van der Waals surface area contributed by atoms with E-state index in [1.165, 1.54) is 31.3 Å². The summed E-state index contributed by atoms with van der Waals surface area (Å²) in [6.07, 6.45) is 5.85. The molecule has 0 spiro atoms. The van der Waals surface area contributed by atoms with Gasteiger partial charge in [0.1, 0.15) is 12.3 Å². The van der Waals surface area contributed by atoms with E-state index in [0.717, 1.165) is 12.5 Å². The summed E-state index contributed by atoms with van der Waals surface area (Å²) >= 11 is 1.89. The van der Waals surface area contributed by atoms with E-state index in [-0.39, 0.29) is 18.4 Å². The Labute approximate surface area is 142 Å². The second-order valence-electron chi connectivity index (χ2n) is 8.19. The zero-order chi connectivity index (χ0) is 16.1. The van der Waals surface area contributed by atoms with Gasteiger partial charge < -0.3 is 9.21 Å². The molecule has 130 valence electrons. The van der Waals surface area contributed by atoms with Crippen molar-refractivity contribution in [1.82, 2.24) is 9.21 Å². The van der Waals surface area contributed by atoms with Gasteiger partial charge in [-0.1, -0.05) is 0 Å². The molecule has 0 aromatic carbocycles. The van der Waals surface area contributed by atoms with Crippen LogP contribution in [0.25, 0.3) is 0 Å². The second kappa shape index (κ2) is 6.21. The van der Waals surface area contributed by atoms with Gasteiger partial charge in [0.2, 0.25) is 0 Å². The molecule has 2 nitrogen and oxygen atoms in total. The number of rotatable bonds is 3. The maximum absolute atomic E-state index is 14.6. The first-order chi connectivity index (χ1) is 11.0. The minimum Gasteiger partial charge on any atom is -0.319 e. The fraction of sp³-hybridized carbons (Fsp3) is 0.889. The van der Waals surface area contributed by atoms with Crippen LogP contribution < -0.4 is 0 Å². The van der Waals surface area contributed by atoms with E-state index in [1.807, 2.05) is 11.9 Å². The molecule has 2 aliphatic carbocycles. The Balaban J connectivity index is 1.47. The van der Waals surface area contributed by atoms with E-state index in [2.05, 4.69) is 29.5 Å². The average Bonchev–Trinajstić information content (AvgIpc) is 2.79. The first-order valence-corrected chi connectivity index (χ1v) is 9.96. The molecule has 0 aromatic rings. The van der Waals surface area contributed by atoms with E-state index in [4.69, 9.17) is 0 Å². The van der Waals surface area contributed by atoms with Crippen molar-refractivity contribution in [2.75, 3.05) is 20.6 Å². The van der Waals surface area contributed by atoms with Crippen LogP contribution in [0.3, 0.4) is 0 Å². The summed E-state index contributed by atoms with van der Waals surface area (Å²) in [6, 6.07) is 0.0691. The van der Waals surface area contributed by atoms with Crippen molar-refractivity contribution in [2.45, 2.75) is 62.2 Å². The summed E-state index contributed by atoms with van der Waals surface area (Å²) in [6.45, 7) is 1.15. The average molecular weight is 342 g/mol. The van der Waals surface area contributed by atoms with Crippen molar-refractivity contribution in [2.24, 2.45) is 17.8 Å². The van der Waals surface area contributed by atoms with Gasteiger partial charge in [0.25, 0.3) is 0 Å². The van der Waals surface area contributed by atoms with E-state index < -0.39 is 12.3 Å². The number of alkyl halides is 2. The molecule has 0 N–H and O–H groups in total. The molecular formula is C18H28F2N2S. The van der Waals surface area contributed by atoms with Crippen LogP contribution in [0.15, 0.2) is 11.8 Å². The van der Waals surface area contributed by atoms with Gasteiger partial charge in [0.15, 0.2) is 0 Å². The topological polar surface area (TPSA) is 6.48 Å². The molecule has 2 heterocycles. The minimum absolute atomic E-state index is 0.0252. The molecule has 23 heavy (non-hydrogen) atoms. The van der Waals surface area contributed by atoms with Gasteiger partial charge in [-0.2, -0.15) is 0 Å². The SMILES string of the molecule is CN(C)CCC1CCC2C3=CN(SC2C1)C1CC(F)CC(F)C31. The van der Waals surface area contributed by atoms with E-state index in [0.29, 0.717) is 17.6 Å². The van der Waals surface area contributed by atoms with E-state index >= 15 is 0 Å². The lowest BCUT2D eigenvalue weighted by Crippen LogP contribution is -2.41. The van der Waals surface area contributed by atoms with Crippen LogP contribution in [0.4, 0.5) is 8.78 Å². The fourth-order valence-electron chi connectivity index (χ4n) is 5.18. The van der Waals surface area contributed by atoms with Crippen molar-refractivity contribution >= 4 is 11.9 Å². The predicted octanol–water partition coefficient (Wildman–Crippen LogP) is 4.04. The largest absolute Gasteiger partial charge is 0.319 e. The summed E-state index contributed by atoms with van der Waals surface area (Å²) < 4.78 is 30.6. The number of fused-ring (bicyclic) bond motifs is 6. The molecule has 0 aromatic heterocycles. The van der Waals surface area contributed by atoms with Gasteiger partial charge in [-0.25, -0.2) is 8.78 Å². The van der Waals surface area contributed by atoms with Crippen molar-refractivity contribution in [3.8, 4) is 0 Å². The molecule has 0 saturated heterocycles. The quantitative estimate of drug-likeness (QED) is 0.715. The molecule has 2 aliphatic heterocycles. The van der Waals surface area contributed by atoms with Crippen LogP contribution in [0.5, 0.6) is 0 Å². The normalized spacial score (nSPS) is 45.7. The van der Waals surface area contributed by atoms with E-state index in [1.54, 1.807) is 0 Å². The third-order valence-corrected chi connectivity index (χ3v) is 7.75. The highest BCUT2D eigenvalue weighted by atomic mass is 32.2. The summed E-state index contributed by atoms with van der Waals surface area (Å²) in [7, 11) is 4.27. The molecule has 7 unspecified atom stereocenters. The van der Waals surface area contributed by atoms with Crippen LogP contribution in [0.2, 0.25) is 0 Å². The smallest absolute Gasteiger partial charge is 0.111 e. The fourth-order valence-corrected chi connectivity index (χ4v) is 6.85. The molecule has 0 amide bonds. The Morgan fingerprint density at radius 1 is 1.22 bits per heavy atom. The monoisotopic (exact) mass is 342 g/mol. The third-order valence-electron chi connectivity index (χ3n) is 6.34. The molecule has 2 bridgehead atoms. The lowest BCUT2D eigenvalue weighted by molar-refractivity contribution is 0.0823. The minimum atomic E-state index is -0.981. The Morgan fingerprint density at radius 3 is 2.83 bits per heavy atom. The van der Waals surface area contributed by atoms with Crippen LogP contribution in [0.1, 0.15) is 38.5 Å². The van der Waals surface area contributed by atoms with Crippen molar-refractivity contribution in [3.05, 3.63) is 11.8 Å². The second-order valence-corrected chi connectivity index (χ2v) is 9.43. The third kappa shape index (κ3) is 2.92. The van der Waals surface area contributed by atoms with Crippen LogP contribution >= 0.6 is 11.9 Å². The van der Waals surface area contributed by atoms with Crippen molar-refractivity contribution in [1.29, 1.82) is 0 Å². The van der Waals surface area contributed by atoms with Crippen LogP contribution in [-0.4, -0.2) is 53.5 Å². The Kier molecular flexibility index (Phi) is 4.38. The van der Waals surface area contributed by atoms with Crippen LogP contribution in [-0.2, 0) is 0 Å². The molecular weight excluding hydrogens is 314 g/mol. The summed E-state index contributed by atoms with van der Waals surface area (Å²) in [5.74, 6) is 1.31. The number of hydrogen-bond donors (Lipinski definition) is 0. The highest BCUT2D eigenvalue weighted by Crippen LogP contribution is 2.56. The molecule has 5 heteroatoms. The van der Waals surface area contributed by atoms with Gasteiger partial charge in [-0.05, 0) is 75.7 Å². The summed E-state index contributed by atoms with van der Waals surface area (Å²) in [5, 5.41) is 0.590. The maximum atomic E-state index is 14.6. The van der Waals surface area contributed by atoms with Crippen LogP contribution in [0, 0.1) is 17.8 Å². The first kappa shape index (κ1) is 16.2. The molecule has 2 fully saturated rings. The molecule has 4 aliphatic rings. The van der Waals surface area contributed by atoms with Gasteiger partial charge in [-0.15, -0.1) is 0 Å². The summed E-state index contributed by atoms with van der Waals surface area (Å²) in [5.41, 5.74) is 1.32. The lowest BCUT2D eigenvalue weighted by atomic mass is 9.70.